The van der Waals surface area contributed by atoms with Crippen molar-refractivity contribution in [2.75, 3.05) is 6.61 Å². The van der Waals surface area contributed by atoms with Gasteiger partial charge in [-0.2, -0.15) is 0 Å². The van der Waals surface area contributed by atoms with Gasteiger partial charge in [0.05, 0.1) is 0 Å². The molecule has 0 spiro atoms. The molecule has 0 fully saturated rings. The molecule has 78 valence electrons. The fraction of sp³-hybridized carbons (Fsp3) is 0.500. The van der Waals surface area contributed by atoms with Gasteiger partial charge in [-0.15, -0.1) is 0 Å². The lowest BCUT2D eigenvalue weighted by Crippen LogP contribution is -2.34. The smallest absolute Gasteiger partial charge is 0.0451 e. The summed E-state index contributed by atoms with van der Waals surface area (Å²) >= 11 is 0. The molecule has 1 unspecified atom stereocenters. The molecule has 0 aliphatic heterocycles. The predicted molar refractivity (Wildman–Crippen MR) is 59.2 cm³/mol. The van der Waals surface area contributed by atoms with Crippen molar-refractivity contribution in [1.29, 1.82) is 0 Å². The molecule has 0 amide bonds. The van der Waals surface area contributed by atoms with Crippen molar-refractivity contribution in [3.63, 3.8) is 0 Å². The van der Waals surface area contributed by atoms with E-state index < -0.39 is 5.54 Å². The maximum Gasteiger partial charge on any atom is 0.0451 e. The standard InChI is InChI=1S/C12H19NO/c1-9-6-10(2)8-11(7-9)12(3,13)4-5-14/h6-8,14H,4-5,13H2,1-3H3. The second kappa shape index (κ2) is 4.11. The number of aliphatic hydroxyl groups is 1. The fourth-order valence-electron chi connectivity index (χ4n) is 1.68. The Bertz CT molecular complexity index is 298. The average Bonchev–Trinajstić information content (AvgIpc) is 2.02. The van der Waals surface area contributed by atoms with Crippen molar-refractivity contribution in [3.8, 4) is 0 Å². The van der Waals surface area contributed by atoms with E-state index in [4.69, 9.17) is 10.8 Å². The minimum Gasteiger partial charge on any atom is -0.396 e. The number of hydrogen-bond acceptors (Lipinski definition) is 2. The normalized spacial score (nSPS) is 15.2. The van der Waals surface area contributed by atoms with E-state index in [0.29, 0.717) is 6.42 Å². The highest BCUT2D eigenvalue weighted by Crippen LogP contribution is 2.23. The van der Waals surface area contributed by atoms with Gasteiger partial charge < -0.3 is 10.8 Å². The molecule has 2 nitrogen and oxygen atoms in total. The summed E-state index contributed by atoms with van der Waals surface area (Å²) in [5, 5.41) is 8.92. The van der Waals surface area contributed by atoms with Gasteiger partial charge in [-0.25, -0.2) is 0 Å². The van der Waals surface area contributed by atoms with Crippen molar-refractivity contribution in [3.05, 3.63) is 34.9 Å². The Morgan fingerprint density at radius 2 is 1.71 bits per heavy atom. The minimum atomic E-state index is -0.425. The Morgan fingerprint density at radius 1 is 1.21 bits per heavy atom. The maximum atomic E-state index is 8.92. The molecule has 0 aliphatic carbocycles. The highest BCUT2D eigenvalue weighted by atomic mass is 16.3. The third kappa shape index (κ3) is 2.56. The van der Waals surface area contributed by atoms with Crippen LogP contribution in [0.4, 0.5) is 0 Å². The molecular formula is C12H19NO. The Morgan fingerprint density at radius 3 is 2.14 bits per heavy atom. The predicted octanol–water partition coefficient (Wildman–Crippen LogP) is 1.86. The van der Waals surface area contributed by atoms with Gasteiger partial charge >= 0.3 is 0 Å². The van der Waals surface area contributed by atoms with Crippen LogP contribution in [0.25, 0.3) is 0 Å². The monoisotopic (exact) mass is 193 g/mol. The number of nitrogens with two attached hydrogens (primary N) is 1. The number of hydrogen-bond donors (Lipinski definition) is 2. The number of aryl methyl sites for hydroxylation is 2. The van der Waals surface area contributed by atoms with Crippen molar-refractivity contribution >= 4 is 0 Å². The van der Waals surface area contributed by atoms with Gasteiger partial charge in [0, 0.05) is 12.1 Å². The molecule has 1 atom stereocenters. The van der Waals surface area contributed by atoms with Crippen molar-refractivity contribution < 1.29 is 5.11 Å². The Kier molecular flexibility index (Phi) is 3.29. The number of aliphatic hydroxyl groups excluding tert-OH is 1. The van der Waals surface area contributed by atoms with Gasteiger partial charge in [0.2, 0.25) is 0 Å². The van der Waals surface area contributed by atoms with Crippen LogP contribution in [0.1, 0.15) is 30.0 Å². The Balaban J connectivity index is 3.05. The molecule has 0 aromatic heterocycles. The second-order valence-corrected chi connectivity index (χ2v) is 4.27. The highest BCUT2D eigenvalue weighted by molar-refractivity contribution is 5.32. The number of benzene rings is 1. The minimum absolute atomic E-state index is 0.125. The molecule has 1 aromatic rings. The molecule has 0 radical (unpaired) electrons. The van der Waals surface area contributed by atoms with E-state index in [1.165, 1.54) is 11.1 Å². The Hall–Kier alpha value is -0.860. The van der Waals surface area contributed by atoms with Crippen LogP contribution in [-0.2, 0) is 5.54 Å². The van der Waals surface area contributed by atoms with Gasteiger partial charge in [-0.05, 0) is 32.8 Å². The van der Waals surface area contributed by atoms with E-state index in [1.54, 1.807) is 0 Å². The molecule has 2 heteroatoms. The molecule has 1 aromatic carbocycles. The molecule has 0 heterocycles. The third-order valence-corrected chi connectivity index (χ3v) is 2.51. The summed E-state index contributed by atoms with van der Waals surface area (Å²) in [6.45, 7) is 6.20. The molecule has 0 bridgehead atoms. The van der Waals surface area contributed by atoms with Crippen molar-refractivity contribution in [2.24, 2.45) is 5.73 Å². The summed E-state index contributed by atoms with van der Waals surface area (Å²) < 4.78 is 0. The lowest BCUT2D eigenvalue weighted by molar-refractivity contribution is 0.247. The van der Waals surface area contributed by atoms with Gasteiger partial charge in [-0.1, -0.05) is 29.3 Å². The first-order chi connectivity index (χ1) is 6.45. The van der Waals surface area contributed by atoms with Crippen LogP contribution in [0.15, 0.2) is 18.2 Å². The number of rotatable bonds is 3. The van der Waals surface area contributed by atoms with Crippen molar-refractivity contribution in [1.82, 2.24) is 0 Å². The lowest BCUT2D eigenvalue weighted by Gasteiger charge is -2.25. The second-order valence-electron chi connectivity index (χ2n) is 4.27. The topological polar surface area (TPSA) is 46.2 Å². The van der Waals surface area contributed by atoms with Gasteiger partial charge in [0.1, 0.15) is 0 Å². The molecule has 1 rings (SSSR count). The van der Waals surface area contributed by atoms with Crippen LogP contribution in [0, 0.1) is 13.8 Å². The summed E-state index contributed by atoms with van der Waals surface area (Å²) in [5.74, 6) is 0. The third-order valence-electron chi connectivity index (χ3n) is 2.51. The van der Waals surface area contributed by atoms with Crippen LogP contribution < -0.4 is 5.73 Å². The van der Waals surface area contributed by atoms with Crippen LogP contribution in [0.3, 0.4) is 0 Å². The molecule has 0 saturated carbocycles. The van der Waals surface area contributed by atoms with E-state index >= 15 is 0 Å². The van der Waals surface area contributed by atoms with E-state index in [2.05, 4.69) is 32.0 Å². The first-order valence-corrected chi connectivity index (χ1v) is 4.94. The van der Waals surface area contributed by atoms with Crippen LogP contribution in [0.2, 0.25) is 0 Å². The first-order valence-electron chi connectivity index (χ1n) is 4.94. The molecule has 0 aliphatic rings. The van der Waals surface area contributed by atoms with Gasteiger partial charge in [0.15, 0.2) is 0 Å². The zero-order valence-electron chi connectivity index (χ0n) is 9.17. The van der Waals surface area contributed by atoms with E-state index in [1.807, 2.05) is 6.92 Å². The summed E-state index contributed by atoms with van der Waals surface area (Å²) in [6, 6.07) is 6.30. The van der Waals surface area contributed by atoms with Gasteiger partial charge in [-0.3, -0.25) is 0 Å². The van der Waals surface area contributed by atoms with Crippen LogP contribution >= 0.6 is 0 Å². The zero-order valence-corrected chi connectivity index (χ0v) is 9.17. The SMILES string of the molecule is Cc1cc(C)cc(C(C)(N)CCO)c1. The summed E-state index contributed by atoms with van der Waals surface area (Å²) in [7, 11) is 0. The Labute approximate surface area is 85.8 Å². The largest absolute Gasteiger partial charge is 0.396 e. The van der Waals surface area contributed by atoms with Gasteiger partial charge in [0.25, 0.3) is 0 Å². The fourth-order valence-corrected chi connectivity index (χ4v) is 1.68. The summed E-state index contributed by atoms with van der Waals surface area (Å²) in [4.78, 5) is 0. The van der Waals surface area contributed by atoms with Crippen LogP contribution in [-0.4, -0.2) is 11.7 Å². The average molecular weight is 193 g/mol. The van der Waals surface area contributed by atoms with Crippen molar-refractivity contribution in [2.45, 2.75) is 32.7 Å². The summed E-state index contributed by atoms with van der Waals surface area (Å²) in [6.07, 6.45) is 0.593. The molecule has 0 saturated heterocycles. The van der Waals surface area contributed by atoms with E-state index in [0.717, 1.165) is 5.56 Å². The van der Waals surface area contributed by atoms with Crippen LogP contribution in [0.5, 0.6) is 0 Å². The lowest BCUT2D eigenvalue weighted by atomic mass is 9.88. The van der Waals surface area contributed by atoms with E-state index in [9.17, 15) is 0 Å². The van der Waals surface area contributed by atoms with E-state index in [-0.39, 0.29) is 6.61 Å². The molecular weight excluding hydrogens is 174 g/mol. The first kappa shape index (κ1) is 11.2. The molecule has 3 N–H and O–H groups in total. The summed E-state index contributed by atoms with van der Waals surface area (Å²) in [5.41, 5.74) is 9.24. The maximum absolute atomic E-state index is 8.92. The quantitative estimate of drug-likeness (QED) is 0.769. The zero-order chi connectivity index (χ0) is 10.8. The highest BCUT2D eigenvalue weighted by Gasteiger charge is 2.20. The molecule has 14 heavy (non-hydrogen) atoms.